The minimum Gasteiger partial charge on any atom is -0.464 e. The summed E-state index contributed by atoms with van der Waals surface area (Å²) < 4.78 is 0. The van der Waals surface area contributed by atoms with Gasteiger partial charge in [-0.25, -0.2) is 9.80 Å². The van der Waals surface area contributed by atoms with E-state index in [1.54, 1.807) is 0 Å². The predicted molar refractivity (Wildman–Crippen MR) is 49.0 cm³/mol. The Labute approximate surface area is 79.6 Å². The molecular formula is C8H8N2O2S. The standard InChI is InChI=1S/C8H8N2O2S/c11-8(12)10-5-6-3-1-2-4-7(6)13-9-10/h1-4,9H,5H2,(H,11,12). The number of hydrogen-bond acceptors (Lipinski definition) is 3. The van der Waals surface area contributed by atoms with Crippen LogP contribution in [0.25, 0.3) is 0 Å². The highest BCUT2D eigenvalue weighted by Gasteiger charge is 2.19. The molecule has 2 rings (SSSR count). The van der Waals surface area contributed by atoms with Crippen LogP contribution in [0.3, 0.4) is 0 Å². The lowest BCUT2D eigenvalue weighted by molar-refractivity contribution is 0.133. The molecule has 0 aromatic heterocycles. The number of hydrogen-bond donors (Lipinski definition) is 2. The maximum absolute atomic E-state index is 10.6. The van der Waals surface area contributed by atoms with Crippen molar-refractivity contribution in [1.82, 2.24) is 9.84 Å². The Morgan fingerprint density at radius 2 is 2.31 bits per heavy atom. The van der Waals surface area contributed by atoms with Crippen LogP contribution >= 0.6 is 11.9 Å². The molecular weight excluding hydrogens is 188 g/mol. The van der Waals surface area contributed by atoms with Crippen molar-refractivity contribution in [2.24, 2.45) is 0 Å². The summed E-state index contributed by atoms with van der Waals surface area (Å²) in [6.45, 7) is 0.401. The number of fused-ring (bicyclic) bond motifs is 1. The van der Waals surface area contributed by atoms with Gasteiger partial charge >= 0.3 is 6.09 Å². The van der Waals surface area contributed by atoms with Gasteiger partial charge in [0.15, 0.2) is 0 Å². The van der Waals surface area contributed by atoms with Crippen molar-refractivity contribution in [2.45, 2.75) is 11.4 Å². The van der Waals surface area contributed by atoms with Crippen molar-refractivity contribution >= 4 is 18.0 Å². The average molecular weight is 196 g/mol. The highest BCUT2D eigenvalue weighted by atomic mass is 32.2. The number of nitrogens with zero attached hydrogens (tertiary/aromatic N) is 1. The predicted octanol–water partition coefficient (Wildman–Crippen LogP) is 1.69. The van der Waals surface area contributed by atoms with Crippen molar-refractivity contribution in [3.63, 3.8) is 0 Å². The Kier molecular flexibility index (Phi) is 2.12. The lowest BCUT2D eigenvalue weighted by atomic mass is 10.2. The quantitative estimate of drug-likeness (QED) is 0.620. The van der Waals surface area contributed by atoms with Crippen molar-refractivity contribution < 1.29 is 9.90 Å². The molecule has 1 heterocycles. The fraction of sp³-hybridized carbons (Fsp3) is 0.125. The Morgan fingerprint density at radius 3 is 3.08 bits per heavy atom. The molecule has 0 saturated heterocycles. The van der Waals surface area contributed by atoms with Crippen LogP contribution in [0.1, 0.15) is 5.56 Å². The van der Waals surface area contributed by atoms with Crippen molar-refractivity contribution in [2.75, 3.05) is 0 Å². The molecule has 1 aliphatic rings. The van der Waals surface area contributed by atoms with Gasteiger partial charge in [0, 0.05) is 4.90 Å². The Bertz CT molecular complexity index is 343. The Balaban J connectivity index is 2.24. The van der Waals surface area contributed by atoms with Gasteiger partial charge in [0.2, 0.25) is 0 Å². The average Bonchev–Trinajstić information content (AvgIpc) is 2.17. The van der Waals surface area contributed by atoms with Crippen molar-refractivity contribution in [3.8, 4) is 0 Å². The van der Waals surface area contributed by atoms with Gasteiger partial charge in [0.05, 0.1) is 6.54 Å². The van der Waals surface area contributed by atoms with E-state index in [0.29, 0.717) is 6.54 Å². The largest absolute Gasteiger partial charge is 0.464 e. The molecule has 2 N–H and O–H groups in total. The van der Waals surface area contributed by atoms with Crippen LogP contribution in [0, 0.1) is 0 Å². The summed E-state index contributed by atoms with van der Waals surface area (Å²) in [5.41, 5.74) is 1.04. The molecule has 0 atom stereocenters. The first kappa shape index (κ1) is 8.40. The number of benzene rings is 1. The molecule has 68 valence electrons. The third-order valence-electron chi connectivity index (χ3n) is 1.80. The second kappa shape index (κ2) is 3.27. The molecule has 0 unspecified atom stereocenters. The van der Waals surface area contributed by atoms with Crippen LogP contribution in [0.5, 0.6) is 0 Å². The second-order valence-electron chi connectivity index (χ2n) is 2.67. The maximum Gasteiger partial charge on any atom is 0.422 e. The van der Waals surface area contributed by atoms with Gasteiger partial charge in [0.1, 0.15) is 0 Å². The zero-order chi connectivity index (χ0) is 9.26. The fourth-order valence-electron chi connectivity index (χ4n) is 1.15. The molecule has 0 aliphatic carbocycles. The van der Waals surface area contributed by atoms with Gasteiger partial charge in [-0.15, -0.1) is 0 Å². The molecule has 0 radical (unpaired) electrons. The fourth-order valence-corrected chi connectivity index (χ4v) is 1.91. The molecule has 13 heavy (non-hydrogen) atoms. The number of carbonyl (C=O) groups is 1. The molecule has 0 spiro atoms. The summed E-state index contributed by atoms with van der Waals surface area (Å²) in [5.74, 6) is 0. The first-order chi connectivity index (χ1) is 6.27. The van der Waals surface area contributed by atoms with E-state index in [1.807, 2.05) is 24.3 Å². The molecule has 4 nitrogen and oxygen atoms in total. The SMILES string of the molecule is O=C(O)N1Cc2ccccc2SN1. The van der Waals surface area contributed by atoms with E-state index in [0.717, 1.165) is 15.5 Å². The topological polar surface area (TPSA) is 52.6 Å². The maximum atomic E-state index is 10.6. The number of amides is 1. The van der Waals surface area contributed by atoms with Crippen LogP contribution in [0.15, 0.2) is 29.2 Å². The molecule has 5 heteroatoms. The van der Waals surface area contributed by atoms with Gasteiger partial charge in [0.25, 0.3) is 0 Å². The first-order valence-electron chi connectivity index (χ1n) is 3.78. The van der Waals surface area contributed by atoms with E-state index in [-0.39, 0.29) is 0 Å². The van der Waals surface area contributed by atoms with E-state index >= 15 is 0 Å². The number of nitrogens with one attached hydrogen (secondary N) is 1. The molecule has 1 amide bonds. The summed E-state index contributed by atoms with van der Waals surface area (Å²) in [6, 6.07) is 7.74. The third-order valence-corrected chi connectivity index (χ3v) is 2.73. The second-order valence-corrected chi connectivity index (χ2v) is 3.50. The highest BCUT2D eigenvalue weighted by molar-refractivity contribution is 7.97. The van der Waals surface area contributed by atoms with Crippen molar-refractivity contribution in [3.05, 3.63) is 29.8 Å². The molecule has 0 fully saturated rings. The van der Waals surface area contributed by atoms with Gasteiger partial charge < -0.3 is 5.11 Å². The molecule has 1 aliphatic heterocycles. The van der Waals surface area contributed by atoms with E-state index in [1.165, 1.54) is 11.9 Å². The van der Waals surface area contributed by atoms with Crippen LogP contribution < -0.4 is 4.83 Å². The van der Waals surface area contributed by atoms with Gasteiger partial charge in [-0.3, -0.25) is 0 Å². The van der Waals surface area contributed by atoms with Crippen LogP contribution in [0.2, 0.25) is 0 Å². The van der Waals surface area contributed by atoms with E-state index in [2.05, 4.69) is 4.83 Å². The Hall–Kier alpha value is -1.20. The lowest BCUT2D eigenvalue weighted by Gasteiger charge is -2.25. The summed E-state index contributed by atoms with van der Waals surface area (Å²) in [7, 11) is 0. The summed E-state index contributed by atoms with van der Waals surface area (Å²) in [6.07, 6.45) is -0.956. The molecule has 1 aromatic rings. The van der Waals surface area contributed by atoms with Gasteiger partial charge in [-0.1, -0.05) is 18.2 Å². The minimum absolute atomic E-state index is 0.401. The third kappa shape index (κ3) is 1.61. The van der Waals surface area contributed by atoms with Crippen LogP contribution in [-0.2, 0) is 6.54 Å². The lowest BCUT2D eigenvalue weighted by Crippen LogP contribution is -2.39. The Morgan fingerprint density at radius 1 is 1.54 bits per heavy atom. The molecule has 1 aromatic carbocycles. The smallest absolute Gasteiger partial charge is 0.422 e. The van der Waals surface area contributed by atoms with Gasteiger partial charge in [-0.2, -0.15) is 4.83 Å². The van der Waals surface area contributed by atoms with Crippen molar-refractivity contribution in [1.29, 1.82) is 0 Å². The van der Waals surface area contributed by atoms with Gasteiger partial charge in [-0.05, 0) is 23.6 Å². The summed E-state index contributed by atoms with van der Waals surface area (Å²) >= 11 is 1.32. The zero-order valence-corrected chi connectivity index (χ0v) is 7.54. The summed E-state index contributed by atoms with van der Waals surface area (Å²) in [4.78, 5) is 14.4. The van der Waals surface area contributed by atoms with E-state index < -0.39 is 6.09 Å². The highest BCUT2D eigenvalue weighted by Crippen LogP contribution is 2.25. The normalized spacial score (nSPS) is 15.2. The van der Waals surface area contributed by atoms with Crippen LogP contribution in [-0.4, -0.2) is 16.2 Å². The van der Waals surface area contributed by atoms with E-state index in [4.69, 9.17) is 5.11 Å². The minimum atomic E-state index is -0.956. The monoisotopic (exact) mass is 196 g/mol. The van der Waals surface area contributed by atoms with Crippen LogP contribution in [0.4, 0.5) is 4.79 Å². The number of carboxylic acid groups (broad SMARTS) is 1. The molecule has 0 saturated carbocycles. The number of hydrazine groups is 1. The number of rotatable bonds is 0. The molecule has 0 bridgehead atoms. The van der Waals surface area contributed by atoms with E-state index in [9.17, 15) is 4.79 Å². The summed E-state index contributed by atoms with van der Waals surface area (Å²) in [5, 5.41) is 9.87. The zero-order valence-electron chi connectivity index (χ0n) is 6.73. The first-order valence-corrected chi connectivity index (χ1v) is 4.60.